The molecular weight excluding hydrogens is 212 g/mol. The lowest BCUT2D eigenvalue weighted by atomic mass is 9.88. The van der Waals surface area contributed by atoms with Gasteiger partial charge in [0.25, 0.3) is 0 Å². The molecule has 0 saturated heterocycles. The lowest BCUT2D eigenvalue weighted by molar-refractivity contribution is -0.123. The second-order valence-corrected chi connectivity index (χ2v) is 6.09. The molecule has 2 bridgehead atoms. The fraction of sp³-hybridized carbons (Fsp3) is 0.929. The highest BCUT2D eigenvalue weighted by Gasteiger charge is 2.39. The van der Waals surface area contributed by atoms with E-state index >= 15 is 0 Å². The Bertz CT molecular complexity index is 279. The van der Waals surface area contributed by atoms with Crippen molar-refractivity contribution < 1.29 is 4.79 Å². The van der Waals surface area contributed by atoms with Gasteiger partial charge in [0.05, 0.1) is 6.04 Å². The van der Waals surface area contributed by atoms with Crippen LogP contribution in [0.3, 0.4) is 0 Å². The number of rotatable bonds is 5. The van der Waals surface area contributed by atoms with E-state index in [0.717, 1.165) is 30.7 Å². The van der Waals surface area contributed by atoms with Gasteiger partial charge in [0.2, 0.25) is 5.91 Å². The Morgan fingerprint density at radius 1 is 1.41 bits per heavy atom. The van der Waals surface area contributed by atoms with E-state index in [-0.39, 0.29) is 17.9 Å². The molecular formula is C14H26N2O. The smallest absolute Gasteiger partial charge is 0.237 e. The lowest BCUT2D eigenvalue weighted by Gasteiger charge is -2.24. The molecule has 1 amide bonds. The Morgan fingerprint density at radius 3 is 2.71 bits per heavy atom. The first kappa shape index (κ1) is 12.9. The van der Waals surface area contributed by atoms with Gasteiger partial charge in [0, 0.05) is 6.54 Å². The van der Waals surface area contributed by atoms with E-state index in [1.807, 2.05) is 6.92 Å². The average molecular weight is 238 g/mol. The highest BCUT2D eigenvalue weighted by molar-refractivity contribution is 5.81. The molecule has 0 radical (unpaired) electrons. The number of nitrogens with one attached hydrogen (secondary N) is 1. The molecule has 3 N–H and O–H groups in total. The molecule has 0 aliphatic heterocycles. The molecule has 0 aromatic carbocycles. The summed E-state index contributed by atoms with van der Waals surface area (Å²) < 4.78 is 0. The van der Waals surface area contributed by atoms with Gasteiger partial charge in [-0.2, -0.15) is 0 Å². The zero-order valence-electron chi connectivity index (χ0n) is 11.1. The number of carbonyl (C=O) groups is 1. The maximum absolute atomic E-state index is 11.9. The largest absolute Gasteiger partial charge is 0.354 e. The third-order valence-electron chi connectivity index (χ3n) is 4.98. The summed E-state index contributed by atoms with van der Waals surface area (Å²) in [5.41, 5.74) is 5.92. The molecule has 2 saturated carbocycles. The lowest BCUT2D eigenvalue weighted by Crippen LogP contribution is -2.46. The van der Waals surface area contributed by atoms with Crippen molar-refractivity contribution in [3.63, 3.8) is 0 Å². The van der Waals surface area contributed by atoms with Crippen LogP contribution in [0.5, 0.6) is 0 Å². The number of fused-ring (bicyclic) bond motifs is 2. The van der Waals surface area contributed by atoms with Crippen LogP contribution in [0, 0.1) is 23.7 Å². The van der Waals surface area contributed by atoms with Crippen molar-refractivity contribution in [2.45, 2.75) is 52.0 Å². The fourth-order valence-electron chi connectivity index (χ4n) is 3.49. The van der Waals surface area contributed by atoms with Crippen molar-refractivity contribution in [3.05, 3.63) is 0 Å². The van der Waals surface area contributed by atoms with Gasteiger partial charge in [0.1, 0.15) is 0 Å². The minimum absolute atomic E-state index is 0.0436. The highest BCUT2D eigenvalue weighted by Crippen LogP contribution is 2.47. The quantitative estimate of drug-likeness (QED) is 0.768. The Morgan fingerprint density at radius 2 is 2.18 bits per heavy atom. The maximum atomic E-state index is 11.9. The van der Waals surface area contributed by atoms with Crippen molar-refractivity contribution in [2.75, 3.05) is 6.54 Å². The van der Waals surface area contributed by atoms with Gasteiger partial charge in [-0.3, -0.25) is 4.79 Å². The predicted molar refractivity (Wildman–Crippen MR) is 69.4 cm³/mol. The molecule has 5 atom stereocenters. The third-order valence-corrected chi connectivity index (χ3v) is 4.98. The summed E-state index contributed by atoms with van der Waals surface area (Å²) >= 11 is 0. The van der Waals surface area contributed by atoms with Crippen LogP contribution in [0.25, 0.3) is 0 Å². The van der Waals surface area contributed by atoms with E-state index in [1.54, 1.807) is 0 Å². The summed E-state index contributed by atoms with van der Waals surface area (Å²) in [7, 11) is 0. The molecule has 0 aromatic rings. The number of hydrogen-bond acceptors (Lipinski definition) is 2. The summed E-state index contributed by atoms with van der Waals surface area (Å²) in [5.74, 6) is 2.87. The van der Waals surface area contributed by atoms with Crippen LogP contribution in [0.15, 0.2) is 0 Å². The number of nitrogens with two attached hydrogens (primary N) is 1. The Kier molecular flexibility index (Phi) is 4.08. The van der Waals surface area contributed by atoms with Crippen LogP contribution in [0.2, 0.25) is 0 Å². The van der Waals surface area contributed by atoms with Crippen molar-refractivity contribution in [1.29, 1.82) is 0 Å². The van der Waals surface area contributed by atoms with Gasteiger partial charge in [-0.05, 0) is 42.9 Å². The van der Waals surface area contributed by atoms with Gasteiger partial charge in [-0.15, -0.1) is 0 Å². The monoisotopic (exact) mass is 238 g/mol. The molecule has 3 unspecified atom stereocenters. The zero-order valence-corrected chi connectivity index (χ0v) is 11.1. The molecule has 0 aromatic heterocycles. The molecule has 98 valence electrons. The molecule has 3 nitrogen and oxygen atoms in total. The number of hydrogen-bond donors (Lipinski definition) is 2. The van der Waals surface area contributed by atoms with Crippen molar-refractivity contribution in [3.8, 4) is 0 Å². The van der Waals surface area contributed by atoms with Crippen LogP contribution in [-0.4, -0.2) is 18.5 Å². The summed E-state index contributed by atoms with van der Waals surface area (Å²) in [4.78, 5) is 11.9. The molecule has 0 heterocycles. The fourth-order valence-corrected chi connectivity index (χ4v) is 3.49. The van der Waals surface area contributed by atoms with E-state index in [0.29, 0.717) is 0 Å². The first-order valence-electron chi connectivity index (χ1n) is 7.15. The molecule has 3 heteroatoms. The van der Waals surface area contributed by atoms with Crippen molar-refractivity contribution in [1.82, 2.24) is 5.32 Å². The zero-order chi connectivity index (χ0) is 12.4. The second-order valence-electron chi connectivity index (χ2n) is 6.09. The predicted octanol–water partition coefficient (Wildman–Crippen LogP) is 1.91. The van der Waals surface area contributed by atoms with E-state index in [4.69, 9.17) is 5.73 Å². The van der Waals surface area contributed by atoms with Gasteiger partial charge < -0.3 is 11.1 Å². The number of carbonyl (C=O) groups excluding carboxylic acids is 1. The van der Waals surface area contributed by atoms with Gasteiger partial charge in [-0.25, -0.2) is 0 Å². The topological polar surface area (TPSA) is 55.1 Å². The minimum atomic E-state index is -0.335. The first-order valence-corrected chi connectivity index (χ1v) is 7.15. The van der Waals surface area contributed by atoms with Gasteiger partial charge in [0.15, 0.2) is 0 Å². The number of amides is 1. The normalized spacial score (nSPS) is 34.6. The molecule has 2 aliphatic carbocycles. The van der Waals surface area contributed by atoms with E-state index in [2.05, 4.69) is 12.2 Å². The maximum Gasteiger partial charge on any atom is 0.237 e. The van der Waals surface area contributed by atoms with Crippen LogP contribution in [0.4, 0.5) is 0 Å². The molecule has 0 spiro atoms. The molecule has 2 fully saturated rings. The first-order chi connectivity index (χ1) is 8.11. The Hall–Kier alpha value is -0.570. The van der Waals surface area contributed by atoms with Crippen LogP contribution in [-0.2, 0) is 4.79 Å². The van der Waals surface area contributed by atoms with E-state index < -0.39 is 0 Å². The summed E-state index contributed by atoms with van der Waals surface area (Å²) in [6.45, 7) is 4.97. The summed E-state index contributed by atoms with van der Waals surface area (Å²) in [6, 6.07) is -0.335. The summed E-state index contributed by atoms with van der Waals surface area (Å²) in [6.07, 6.45) is 6.48. The third kappa shape index (κ3) is 2.82. The minimum Gasteiger partial charge on any atom is -0.354 e. The van der Waals surface area contributed by atoms with E-state index in [1.165, 1.54) is 25.7 Å². The standard InChI is InChI=1S/C14H26N2O/c1-3-9(2)13(15)14(17)16-8-12-7-10-4-5-11(12)6-10/h9-13H,3-8,15H2,1-2H3,(H,16,17)/t9-,10?,11?,12?,13-/m0/s1. The van der Waals surface area contributed by atoms with Crippen molar-refractivity contribution >= 4 is 5.91 Å². The van der Waals surface area contributed by atoms with Crippen LogP contribution < -0.4 is 11.1 Å². The highest BCUT2D eigenvalue weighted by atomic mass is 16.2. The van der Waals surface area contributed by atoms with Gasteiger partial charge in [-0.1, -0.05) is 26.7 Å². The van der Waals surface area contributed by atoms with Crippen LogP contribution >= 0.6 is 0 Å². The Labute approximate surface area is 105 Å². The SMILES string of the molecule is CC[C@H](C)[C@H](N)C(=O)NCC1CC2CCC1C2. The second kappa shape index (κ2) is 5.38. The average Bonchev–Trinajstić information content (AvgIpc) is 2.95. The molecule has 2 aliphatic rings. The molecule has 2 rings (SSSR count). The molecule has 17 heavy (non-hydrogen) atoms. The van der Waals surface area contributed by atoms with Gasteiger partial charge >= 0.3 is 0 Å². The van der Waals surface area contributed by atoms with Crippen LogP contribution in [0.1, 0.15) is 46.0 Å². The van der Waals surface area contributed by atoms with Crippen molar-refractivity contribution in [2.24, 2.45) is 29.4 Å². The Balaban J connectivity index is 1.73. The van der Waals surface area contributed by atoms with E-state index in [9.17, 15) is 4.79 Å². The summed E-state index contributed by atoms with van der Waals surface area (Å²) in [5, 5.41) is 3.06.